The lowest BCUT2D eigenvalue weighted by atomic mass is 9.88. The lowest BCUT2D eigenvalue weighted by Crippen LogP contribution is -2.45. The highest BCUT2D eigenvalue weighted by Gasteiger charge is 2.36. The first-order valence-electron chi connectivity index (χ1n) is 9.91. The number of hydrogen-bond donors (Lipinski definition) is 2. The van der Waals surface area contributed by atoms with Gasteiger partial charge in [0.15, 0.2) is 16.6 Å². The molecule has 28 heavy (non-hydrogen) atoms. The molecule has 2 aromatic rings. The van der Waals surface area contributed by atoms with Crippen LogP contribution in [0.3, 0.4) is 0 Å². The van der Waals surface area contributed by atoms with Crippen molar-refractivity contribution < 1.29 is 14.2 Å². The standard InChI is InChI=1S/C22H26N2O3S/c1-2-25-18-8-5-16(6-9-18)22(11-3-4-12-22)24-21(28)23-17-7-10-19-20(15-17)27-14-13-26-19/h5-10,15H,2-4,11-14H2,1H3,(H2,23,24,28). The SMILES string of the molecule is CCOc1ccc(C2(NC(=S)Nc3ccc4c(c3)OCCO4)CCCC2)cc1. The van der Waals surface area contributed by atoms with Crippen molar-refractivity contribution in [3.63, 3.8) is 0 Å². The summed E-state index contributed by atoms with van der Waals surface area (Å²) in [7, 11) is 0. The van der Waals surface area contributed by atoms with Gasteiger partial charge in [-0.25, -0.2) is 0 Å². The van der Waals surface area contributed by atoms with Crippen molar-refractivity contribution in [3.05, 3.63) is 48.0 Å². The van der Waals surface area contributed by atoms with E-state index in [0.717, 1.165) is 35.8 Å². The van der Waals surface area contributed by atoms with E-state index in [1.807, 2.05) is 37.3 Å². The molecule has 4 rings (SSSR count). The van der Waals surface area contributed by atoms with E-state index in [0.29, 0.717) is 24.9 Å². The smallest absolute Gasteiger partial charge is 0.171 e. The molecule has 0 spiro atoms. The Morgan fingerprint density at radius 3 is 2.46 bits per heavy atom. The van der Waals surface area contributed by atoms with Gasteiger partial charge >= 0.3 is 0 Å². The van der Waals surface area contributed by atoms with E-state index in [9.17, 15) is 0 Å². The lowest BCUT2D eigenvalue weighted by Gasteiger charge is -2.32. The van der Waals surface area contributed by atoms with Crippen LogP contribution in [0.25, 0.3) is 0 Å². The van der Waals surface area contributed by atoms with Crippen LogP contribution in [0, 0.1) is 0 Å². The average molecular weight is 399 g/mol. The second-order valence-corrected chi connectivity index (χ2v) is 7.59. The van der Waals surface area contributed by atoms with E-state index >= 15 is 0 Å². The third-order valence-corrected chi connectivity index (χ3v) is 5.53. The van der Waals surface area contributed by atoms with E-state index in [1.165, 1.54) is 18.4 Å². The van der Waals surface area contributed by atoms with Gasteiger partial charge in [-0.05, 0) is 61.8 Å². The fraction of sp³-hybridized carbons (Fsp3) is 0.409. The Morgan fingerprint density at radius 1 is 1.04 bits per heavy atom. The summed E-state index contributed by atoms with van der Waals surface area (Å²) in [5, 5.41) is 7.52. The molecule has 1 aliphatic heterocycles. The van der Waals surface area contributed by atoms with E-state index < -0.39 is 0 Å². The topological polar surface area (TPSA) is 51.8 Å². The van der Waals surface area contributed by atoms with Gasteiger partial charge in [-0.3, -0.25) is 0 Å². The molecule has 0 aromatic heterocycles. The zero-order chi connectivity index (χ0) is 19.4. The molecule has 0 atom stereocenters. The lowest BCUT2D eigenvalue weighted by molar-refractivity contribution is 0.171. The van der Waals surface area contributed by atoms with E-state index in [2.05, 4.69) is 22.8 Å². The van der Waals surface area contributed by atoms with E-state index in [-0.39, 0.29) is 5.54 Å². The van der Waals surface area contributed by atoms with Crippen molar-refractivity contribution >= 4 is 23.0 Å². The first-order valence-corrected chi connectivity index (χ1v) is 10.3. The molecule has 2 aromatic carbocycles. The van der Waals surface area contributed by atoms with Crippen molar-refractivity contribution in [1.82, 2.24) is 5.32 Å². The van der Waals surface area contributed by atoms with Crippen LogP contribution in [0.2, 0.25) is 0 Å². The third-order valence-electron chi connectivity index (χ3n) is 5.33. The normalized spacial score (nSPS) is 17.0. The molecule has 0 amide bonds. The highest BCUT2D eigenvalue weighted by molar-refractivity contribution is 7.80. The number of anilines is 1. The van der Waals surface area contributed by atoms with Gasteiger partial charge in [-0.1, -0.05) is 25.0 Å². The molecule has 0 saturated heterocycles. The first kappa shape index (κ1) is 18.9. The molecule has 1 heterocycles. The molecular formula is C22H26N2O3S. The van der Waals surface area contributed by atoms with Gasteiger partial charge in [-0.2, -0.15) is 0 Å². The van der Waals surface area contributed by atoms with Gasteiger partial charge in [0.05, 0.1) is 12.1 Å². The van der Waals surface area contributed by atoms with Gasteiger partial charge < -0.3 is 24.8 Å². The summed E-state index contributed by atoms with van der Waals surface area (Å²) in [5.74, 6) is 2.43. The molecule has 0 bridgehead atoms. The summed E-state index contributed by atoms with van der Waals surface area (Å²) in [4.78, 5) is 0. The summed E-state index contributed by atoms with van der Waals surface area (Å²) in [5.41, 5.74) is 2.00. The minimum atomic E-state index is -0.136. The number of rotatable bonds is 5. The Labute approximate surface area is 171 Å². The monoisotopic (exact) mass is 398 g/mol. The third kappa shape index (κ3) is 4.02. The Kier molecular flexibility index (Phi) is 5.57. The van der Waals surface area contributed by atoms with Crippen LogP contribution in [-0.2, 0) is 5.54 Å². The molecule has 1 fully saturated rings. The van der Waals surface area contributed by atoms with Crippen LogP contribution in [0.5, 0.6) is 17.2 Å². The van der Waals surface area contributed by atoms with Gasteiger partial charge in [-0.15, -0.1) is 0 Å². The first-order chi connectivity index (χ1) is 13.7. The molecule has 2 N–H and O–H groups in total. The van der Waals surface area contributed by atoms with Crippen LogP contribution < -0.4 is 24.8 Å². The summed E-state index contributed by atoms with van der Waals surface area (Å²) >= 11 is 5.65. The predicted octanol–water partition coefficient (Wildman–Crippen LogP) is 4.61. The minimum Gasteiger partial charge on any atom is -0.494 e. The van der Waals surface area contributed by atoms with Crippen molar-refractivity contribution in [2.75, 3.05) is 25.1 Å². The zero-order valence-corrected chi connectivity index (χ0v) is 16.9. The van der Waals surface area contributed by atoms with Crippen molar-refractivity contribution in [2.24, 2.45) is 0 Å². The zero-order valence-electron chi connectivity index (χ0n) is 16.1. The molecule has 5 nitrogen and oxygen atoms in total. The predicted molar refractivity (Wildman–Crippen MR) is 115 cm³/mol. The van der Waals surface area contributed by atoms with Crippen molar-refractivity contribution in [2.45, 2.75) is 38.1 Å². The quantitative estimate of drug-likeness (QED) is 0.717. The molecule has 1 saturated carbocycles. The molecule has 148 valence electrons. The van der Waals surface area contributed by atoms with E-state index in [1.54, 1.807) is 0 Å². The Bertz CT molecular complexity index is 832. The maximum absolute atomic E-state index is 5.66. The van der Waals surface area contributed by atoms with Gasteiger partial charge in [0.1, 0.15) is 19.0 Å². The summed E-state index contributed by atoms with van der Waals surface area (Å²) in [6.07, 6.45) is 4.49. The summed E-state index contributed by atoms with van der Waals surface area (Å²) in [6.45, 7) is 3.83. The molecular weight excluding hydrogens is 372 g/mol. The van der Waals surface area contributed by atoms with Crippen LogP contribution >= 0.6 is 12.2 Å². The Hall–Kier alpha value is -2.47. The van der Waals surface area contributed by atoms with E-state index in [4.69, 9.17) is 26.4 Å². The second kappa shape index (κ2) is 8.27. The molecule has 2 aliphatic rings. The number of nitrogens with one attached hydrogen (secondary N) is 2. The summed E-state index contributed by atoms with van der Waals surface area (Å²) in [6, 6.07) is 14.2. The Morgan fingerprint density at radius 2 is 1.75 bits per heavy atom. The maximum Gasteiger partial charge on any atom is 0.171 e. The highest BCUT2D eigenvalue weighted by atomic mass is 32.1. The number of hydrogen-bond acceptors (Lipinski definition) is 4. The van der Waals surface area contributed by atoms with Crippen molar-refractivity contribution in [1.29, 1.82) is 0 Å². The largest absolute Gasteiger partial charge is 0.494 e. The highest BCUT2D eigenvalue weighted by Crippen LogP contribution is 2.39. The molecule has 6 heteroatoms. The fourth-order valence-electron chi connectivity index (χ4n) is 4.00. The van der Waals surface area contributed by atoms with Gasteiger partial charge in [0.2, 0.25) is 0 Å². The fourth-order valence-corrected chi connectivity index (χ4v) is 4.32. The van der Waals surface area contributed by atoms with Crippen LogP contribution in [0.1, 0.15) is 38.2 Å². The Balaban J connectivity index is 1.47. The molecule has 0 radical (unpaired) electrons. The van der Waals surface area contributed by atoms with Crippen molar-refractivity contribution in [3.8, 4) is 17.2 Å². The average Bonchev–Trinajstić information content (AvgIpc) is 3.18. The number of thiocarbonyl (C=S) groups is 1. The minimum absolute atomic E-state index is 0.136. The summed E-state index contributed by atoms with van der Waals surface area (Å²) < 4.78 is 16.8. The number of benzene rings is 2. The van der Waals surface area contributed by atoms with Gasteiger partial charge in [0, 0.05) is 11.8 Å². The molecule has 0 unspecified atom stereocenters. The van der Waals surface area contributed by atoms with Gasteiger partial charge in [0.25, 0.3) is 0 Å². The maximum atomic E-state index is 5.66. The van der Waals surface area contributed by atoms with Crippen LogP contribution in [0.15, 0.2) is 42.5 Å². The van der Waals surface area contributed by atoms with Crippen LogP contribution in [0.4, 0.5) is 5.69 Å². The second-order valence-electron chi connectivity index (χ2n) is 7.18. The number of fused-ring (bicyclic) bond motifs is 1. The molecule has 1 aliphatic carbocycles. The number of ether oxygens (including phenoxy) is 3. The van der Waals surface area contributed by atoms with Crippen LogP contribution in [-0.4, -0.2) is 24.9 Å².